The number of nitrogens with zero attached hydrogens (tertiary/aromatic N) is 3. The Morgan fingerprint density at radius 1 is 1.03 bits per heavy atom. The van der Waals surface area contributed by atoms with Crippen LogP contribution < -0.4 is 4.74 Å². The van der Waals surface area contributed by atoms with Gasteiger partial charge in [0.05, 0.1) is 5.56 Å². The molecule has 0 unspecified atom stereocenters. The van der Waals surface area contributed by atoms with E-state index in [2.05, 4.69) is 15.0 Å². The molecule has 0 aliphatic heterocycles. The van der Waals surface area contributed by atoms with E-state index in [0.29, 0.717) is 17.4 Å². The first-order valence-corrected chi connectivity index (χ1v) is 12.5. The summed E-state index contributed by atoms with van der Waals surface area (Å²) in [5.41, 5.74) is 0.490. The number of alkyl halides is 3. The van der Waals surface area contributed by atoms with E-state index in [0.717, 1.165) is 11.6 Å². The molecule has 0 aliphatic rings. The number of ether oxygens (including phenoxy) is 2. The fraction of sp³-hybridized carbons (Fsp3) is 0.182. The summed E-state index contributed by atoms with van der Waals surface area (Å²) < 4.78 is 41.0. The number of hydrogen-bond donors (Lipinski definition) is 1. The molecule has 13 heteroatoms. The maximum Gasteiger partial charge on any atom is 0.339 e. The summed E-state index contributed by atoms with van der Waals surface area (Å²) in [6, 6.07) is 12.2. The van der Waals surface area contributed by atoms with Crippen molar-refractivity contribution < 1.29 is 27.2 Å². The van der Waals surface area contributed by atoms with Gasteiger partial charge in [-0.25, -0.2) is 19.7 Å². The molecule has 0 fully saturated rings. The monoisotopic (exact) mass is 557 g/mol. The number of hydrogen-bond acceptors (Lipinski definition) is 8. The van der Waals surface area contributed by atoms with Gasteiger partial charge in [-0.2, -0.15) is 8.42 Å². The average molecular weight is 559 g/mol. The van der Waals surface area contributed by atoms with Crippen LogP contribution in [-0.4, -0.2) is 47.1 Å². The number of aryl methyl sites for hydroxylation is 1. The number of carbonyl (C=O) groups excluding carboxylic acids is 1. The highest BCUT2D eigenvalue weighted by Gasteiger charge is 2.27. The summed E-state index contributed by atoms with van der Waals surface area (Å²) in [5.74, 6) is 0.310. The topological polar surface area (TPSA) is 129 Å². The summed E-state index contributed by atoms with van der Waals surface area (Å²) in [6.07, 6.45) is 3.36. The largest absolute Gasteiger partial charge is 0.490 e. The lowest BCUT2D eigenvalue weighted by atomic mass is 10.2. The molecule has 0 radical (unpaired) electrons. The predicted octanol–water partition coefficient (Wildman–Crippen LogP) is 4.66. The average Bonchev–Trinajstić information content (AvgIpc) is 2.79. The second kappa shape index (κ2) is 11.3. The molecule has 0 atom stereocenters. The van der Waals surface area contributed by atoms with E-state index in [1.807, 2.05) is 6.07 Å². The molecule has 1 N–H and O–H groups in total. The number of rotatable bonds is 8. The first-order chi connectivity index (χ1) is 16.4. The van der Waals surface area contributed by atoms with Crippen molar-refractivity contribution in [2.45, 2.75) is 15.6 Å². The van der Waals surface area contributed by atoms with E-state index in [4.69, 9.17) is 44.3 Å². The van der Waals surface area contributed by atoms with Crippen LogP contribution >= 0.6 is 34.8 Å². The molecule has 1 heterocycles. The molecule has 0 aliphatic carbocycles. The van der Waals surface area contributed by atoms with Crippen molar-refractivity contribution in [2.24, 2.45) is 0 Å². The third-order valence-corrected chi connectivity index (χ3v) is 5.69. The van der Waals surface area contributed by atoms with Gasteiger partial charge in [0, 0.05) is 0 Å². The summed E-state index contributed by atoms with van der Waals surface area (Å²) in [6.45, 7) is 1.51. The van der Waals surface area contributed by atoms with Gasteiger partial charge in [-0.05, 0) is 42.8 Å². The van der Waals surface area contributed by atoms with Crippen molar-refractivity contribution in [1.82, 2.24) is 15.0 Å². The standard InChI is InChI=1S/C22H18Cl3N3O6S/c1-14-26-19(28-21(27-14)22(23,24)25)10-9-15-5-4-6-16(13-15)33-11-12-34-20(29)17-7-2-3-8-18(17)35(30,31)32/h2-10,13H,11-12H2,1H3,(H,30,31,32)/b10-9+. The van der Waals surface area contributed by atoms with Gasteiger partial charge in [-0.15, -0.1) is 0 Å². The summed E-state index contributed by atoms with van der Waals surface area (Å²) in [4.78, 5) is 24.0. The van der Waals surface area contributed by atoms with Gasteiger partial charge in [0.1, 0.15) is 29.7 Å². The summed E-state index contributed by atoms with van der Waals surface area (Å²) in [7, 11) is -4.57. The van der Waals surface area contributed by atoms with Crippen molar-refractivity contribution in [3.05, 3.63) is 77.1 Å². The highest BCUT2D eigenvalue weighted by Crippen LogP contribution is 2.35. The second-order valence-electron chi connectivity index (χ2n) is 6.92. The van der Waals surface area contributed by atoms with Crippen LogP contribution in [0.15, 0.2) is 53.4 Å². The molecule has 35 heavy (non-hydrogen) atoms. The SMILES string of the molecule is Cc1nc(/C=C/c2cccc(OCCOC(=O)c3ccccc3S(=O)(=O)O)c2)nc(C(Cl)(Cl)Cl)n1. The van der Waals surface area contributed by atoms with Crippen LogP contribution in [0.2, 0.25) is 0 Å². The Bertz CT molecular complexity index is 1360. The van der Waals surface area contributed by atoms with E-state index < -0.39 is 24.8 Å². The van der Waals surface area contributed by atoms with Gasteiger partial charge < -0.3 is 9.47 Å². The first kappa shape index (κ1) is 26.8. The quantitative estimate of drug-likeness (QED) is 0.182. The van der Waals surface area contributed by atoms with Crippen LogP contribution in [0.3, 0.4) is 0 Å². The van der Waals surface area contributed by atoms with Crippen LogP contribution in [0.4, 0.5) is 0 Å². The minimum Gasteiger partial charge on any atom is -0.490 e. The molecule has 2 aromatic carbocycles. The molecule has 0 amide bonds. The van der Waals surface area contributed by atoms with Gasteiger partial charge >= 0.3 is 5.97 Å². The lowest BCUT2D eigenvalue weighted by molar-refractivity contribution is 0.0445. The van der Waals surface area contributed by atoms with E-state index in [9.17, 15) is 17.8 Å². The normalized spacial score (nSPS) is 12.0. The van der Waals surface area contributed by atoms with E-state index in [1.165, 1.54) is 18.2 Å². The number of benzene rings is 2. The molecular weight excluding hydrogens is 541 g/mol. The lowest BCUT2D eigenvalue weighted by Gasteiger charge is -2.10. The number of aromatic nitrogens is 3. The molecular formula is C22H18Cl3N3O6S. The van der Waals surface area contributed by atoms with Crippen molar-refractivity contribution >= 4 is 63.0 Å². The third-order valence-electron chi connectivity index (χ3n) is 4.27. The molecule has 9 nitrogen and oxygen atoms in total. The highest BCUT2D eigenvalue weighted by molar-refractivity contribution is 7.86. The van der Waals surface area contributed by atoms with Crippen LogP contribution in [0.25, 0.3) is 12.2 Å². The zero-order valence-electron chi connectivity index (χ0n) is 18.1. The van der Waals surface area contributed by atoms with Crippen LogP contribution in [-0.2, 0) is 18.6 Å². The second-order valence-corrected chi connectivity index (χ2v) is 10.6. The molecule has 3 rings (SSSR count). The molecule has 0 bridgehead atoms. The lowest BCUT2D eigenvalue weighted by Crippen LogP contribution is -2.15. The minimum atomic E-state index is -4.57. The number of esters is 1. The Balaban J connectivity index is 1.59. The van der Waals surface area contributed by atoms with Crippen molar-refractivity contribution in [3.63, 3.8) is 0 Å². The Morgan fingerprint density at radius 3 is 2.49 bits per heavy atom. The first-order valence-electron chi connectivity index (χ1n) is 9.88. The predicted molar refractivity (Wildman–Crippen MR) is 131 cm³/mol. The maximum atomic E-state index is 12.2. The van der Waals surface area contributed by atoms with Gasteiger partial charge in [-0.1, -0.05) is 65.1 Å². The van der Waals surface area contributed by atoms with E-state index in [1.54, 1.807) is 37.3 Å². The zero-order valence-corrected chi connectivity index (χ0v) is 21.1. The Hall–Kier alpha value is -2.76. The Labute approximate surface area is 216 Å². The summed E-state index contributed by atoms with van der Waals surface area (Å²) >= 11 is 17.6. The molecule has 0 saturated carbocycles. The van der Waals surface area contributed by atoms with Crippen molar-refractivity contribution in [3.8, 4) is 5.75 Å². The highest BCUT2D eigenvalue weighted by atomic mass is 35.6. The smallest absolute Gasteiger partial charge is 0.339 e. The van der Waals surface area contributed by atoms with Gasteiger partial charge in [-0.3, -0.25) is 4.55 Å². The minimum absolute atomic E-state index is 0.00617. The maximum absolute atomic E-state index is 12.2. The summed E-state index contributed by atoms with van der Waals surface area (Å²) in [5, 5.41) is 0. The van der Waals surface area contributed by atoms with E-state index in [-0.39, 0.29) is 24.6 Å². The number of carbonyl (C=O) groups is 1. The Kier molecular flexibility index (Phi) is 8.68. The van der Waals surface area contributed by atoms with Crippen LogP contribution in [0.1, 0.15) is 33.4 Å². The van der Waals surface area contributed by atoms with Gasteiger partial charge in [0.25, 0.3) is 10.1 Å². The molecule has 3 aromatic rings. The molecule has 1 aromatic heterocycles. The molecule has 0 saturated heterocycles. The van der Waals surface area contributed by atoms with Gasteiger partial charge in [0.15, 0.2) is 11.6 Å². The molecule has 184 valence electrons. The Morgan fingerprint density at radius 2 is 1.77 bits per heavy atom. The zero-order chi connectivity index (χ0) is 25.6. The van der Waals surface area contributed by atoms with Crippen LogP contribution in [0, 0.1) is 6.92 Å². The van der Waals surface area contributed by atoms with Gasteiger partial charge in [0.2, 0.25) is 3.79 Å². The fourth-order valence-corrected chi connectivity index (χ4v) is 3.75. The van der Waals surface area contributed by atoms with Crippen molar-refractivity contribution in [2.75, 3.05) is 13.2 Å². The van der Waals surface area contributed by atoms with E-state index >= 15 is 0 Å². The van der Waals surface area contributed by atoms with Crippen molar-refractivity contribution in [1.29, 1.82) is 0 Å². The fourth-order valence-electron chi connectivity index (χ4n) is 2.81. The third kappa shape index (κ3) is 7.87. The van der Waals surface area contributed by atoms with Crippen LogP contribution in [0.5, 0.6) is 5.75 Å². The molecule has 0 spiro atoms. The number of halogens is 3.